The van der Waals surface area contributed by atoms with Crippen LogP contribution in [0.4, 0.5) is 8.78 Å². The first-order chi connectivity index (χ1) is 8.63. The molecule has 18 heavy (non-hydrogen) atoms. The van der Waals surface area contributed by atoms with Crippen LogP contribution in [0.5, 0.6) is 0 Å². The quantitative estimate of drug-likeness (QED) is 0.921. The molecule has 0 saturated carbocycles. The first-order valence-corrected chi connectivity index (χ1v) is 7.02. The Morgan fingerprint density at radius 1 is 1.28 bits per heavy atom. The summed E-state index contributed by atoms with van der Waals surface area (Å²) in [5.41, 5.74) is 0.197. The van der Waals surface area contributed by atoms with Gasteiger partial charge in [0.1, 0.15) is 11.6 Å². The van der Waals surface area contributed by atoms with Crippen molar-refractivity contribution in [2.24, 2.45) is 0 Å². The third-order valence-corrected chi connectivity index (χ3v) is 3.81. The molecular weight excluding hydrogens is 302 g/mol. The van der Waals surface area contributed by atoms with Gasteiger partial charge in [0.25, 0.3) is 0 Å². The summed E-state index contributed by atoms with van der Waals surface area (Å²) in [5, 5.41) is 3.25. The van der Waals surface area contributed by atoms with Gasteiger partial charge < -0.3 is 5.32 Å². The molecule has 2 nitrogen and oxygen atoms in total. The Kier molecular flexibility index (Phi) is 4.70. The van der Waals surface area contributed by atoms with Gasteiger partial charge in [0.05, 0.1) is 0 Å². The summed E-state index contributed by atoms with van der Waals surface area (Å²) in [7, 11) is 0. The number of hydrogen-bond acceptors (Lipinski definition) is 2. The summed E-state index contributed by atoms with van der Waals surface area (Å²) < 4.78 is 28.4. The minimum Gasteiger partial charge on any atom is -0.314 e. The summed E-state index contributed by atoms with van der Waals surface area (Å²) in [4.78, 5) is 2.14. The van der Waals surface area contributed by atoms with E-state index >= 15 is 0 Å². The maximum atomic E-state index is 14.0. The highest BCUT2D eigenvalue weighted by Gasteiger charge is 2.26. The maximum absolute atomic E-state index is 14.0. The van der Waals surface area contributed by atoms with E-state index in [1.165, 1.54) is 12.1 Å². The van der Waals surface area contributed by atoms with Gasteiger partial charge >= 0.3 is 0 Å². The third kappa shape index (κ3) is 2.90. The van der Waals surface area contributed by atoms with E-state index < -0.39 is 11.6 Å². The van der Waals surface area contributed by atoms with Crippen LogP contribution in [0.2, 0.25) is 0 Å². The molecule has 100 valence electrons. The van der Waals surface area contributed by atoms with Crippen LogP contribution in [-0.2, 0) is 0 Å². The molecule has 5 heteroatoms. The summed E-state index contributed by atoms with van der Waals surface area (Å²) in [6.45, 7) is 5.36. The van der Waals surface area contributed by atoms with Gasteiger partial charge in [-0.2, -0.15) is 0 Å². The first-order valence-electron chi connectivity index (χ1n) is 6.22. The Morgan fingerprint density at radius 2 is 1.83 bits per heavy atom. The number of benzene rings is 1. The largest absolute Gasteiger partial charge is 0.314 e. The van der Waals surface area contributed by atoms with Crippen molar-refractivity contribution in [1.82, 2.24) is 10.2 Å². The first kappa shape index (κ1) is 13.9. The van der Waals surface area contributed by atoms with Crippen molar-refractivity contribution in [1.29, 1.82) is 0 Å². The third-order valence-electron chi connectivity index (χ3n) is 3.36. The molecular formula is C13H17BrF2N2. The molecule has 1 aromatic carbocycles. The number of halogens is 3. The minimum absolute atomic E-state index is 0.180. The van der Waals surface area contributed by atoms with Gasteiger partial charge in [-0.3, -0.25) is 4.90 Å². The standard InChI is InChI=1S/C13H17BrF2N2/c1-2-12(18-5-3-17-4-6-18)13-10(15)7-9(14)8-11(13)16/h7-8,12,17H,2-6H2,1H3/t12-/m1/s1. The normalized spacial score (nSPS) is 18.9. The summed E-state index contributed by atoms with van der Waals surface area (Å²) in [5.74, 6) is -0.931. The Hall–Kier alpha value is -0.520. The summed E-state index contributed by atoms with van der Waals surface area (Å²) in [6.07, 6.45) is 0.704. The highest BCUT2D eigenvalue weighted by Crippen LogP contribution is 2.31. The van der Waals surface area contributed by atoms with E-state index in [0.29, 0.717) is 10.9 Å². The van der Waals surface area contributed by atoms with Gasteiger partial charge in [-0.25, -0.2) is 8.78 Å². The van der Waals surface area contributed by atoms with Crippen molar-refractivity contribution in [2.45, 2.75) is 19.4 Å². The molecule has 0 radical (unpaired) electrons. The van der Waals surface area contributed by atoms with Crippen LogP contribution in [0.25, 0.3) is 0 Å². The second-order valence-electron chi connectivity index (χ2n) is 4.49. The lowest BCUT2D eigenvalue weighted by Gasteiger charge is -2.35. The second-order valence-corrected chi connectivity index (χ2v) is 5.41. The van der Waals surface area contributed by atoms with Crippen LogP contribution >= 0.6 is 15.9 Å². The number of piperazine rings is 1. The van der Waals surface area contributed by atoms with Crippen LogP contribution < -0.4 is 5.32 Å². The van der Waals surface area contributed by atoms with Gasteiger partial charge in [0.2, 0.25) is 0 Å². The smallest absolute Gasteiger partial charge is 0.132 e. The lowest BCUT2D eigenvalue weighted by atomic mass is 10.0. The zero-order valence-corrected chi connectivity index (χ0v) is 11.9. The Morgan fingerprint density at radius 3 is 2.33 bits per heavy atom. The molecule has 0 spiro atoms. The molecule has 1 saturated heterocycles. The predicted octanol–water partition coefficient (Wildman–Crippen LogP) is 3.08. The molecule has 2 rings (SSSR count). The Labute approximate surface area is 114 Å². The van der Waals surface area contributed by atoms with Crippen molar-refractivity contribution in [3.63, 3.8) is 0 Å². The van der Waals surface area contributed by atoms with Crippen LogP contribution in [0, 0.1) is 11.6 Å². The lowest BCUT2D eigenvalue weighted by Crippen LogP contribution is -2.45. The lowest BCUT2D eigenvalue weighted by molar-refractivity contribution is 0.162. The highest BCUT2D eigenvalue weighted by atomic mass is 79.9. The van der Waals surface area contributed by atoms with Gasteiger partial charge in [-0.05, 0) is 18.6 Å². The molecule has 0 aliphatic carbocycles. The van der Waals surface area contributed by atoms with Crippen molar-refractivity contribution < 1.29 is 8.78 Å². The topological polar surface area (TPSA) is 15.3 Å². The van der Waals surface area contributed by atoms with E-state index in [1.807, 2.05) is 6.92 Å². The molecule has 1 N–H and O–H groups in total. The maximum Gasteiger partial charge on any atom is 0.132 e. The second kappa shape index (κ2) is 6.08. The molecule has 1 aliphatic heterocycles. The molecule has 1 aromatic rings. The van der Waals surface area contributed by atoms with Crippen molar-refractivity contribution >= 4 is 15.9 Å². The number of nitrogens with one attached hydrogen (secondary N) is 1. The fourth-order valence-corrected chi connectivity index (χ4v) is 2.91. The zero-order valence-electron chi connectivity index (χ0n) is 10.3. The van der Waals surface area contributed by atoms with Crippen LogP contribution in [0.15, 0.2) is 16.6 Å². The van der Waals surface area contributed by atoms with Gasteiger partial charge in [0.15, 0.2) is 0 Å². The molecule has 0 amide bonds. The molecule has 0 unspecified atom stereocenters. The van der Waals surface area contributed by atoms with Gasteiger partial charge in [0, 0.05) is 42.3 Å². The van der Waals surface area contributed by atoms with E-state index in [4.69, 9.17) is 0 Å². The molecule has 0 aromatic heterocycles. The molecule has 0 bridgehead atoms. The Bertz CT molecular complexity index is 396. The van der Waals surface area contributed by atoms with E-state index in [1.54, 1.807) is 0 Å². The number of nitrogens with zero attached hydrogens (tertiary/aromatic N) is 1. The van der Waals surface area contributed by atoms with Crippen molar-refractivity contribution in [3.8, 4) is 0 Å². The van der Waals surface area contributed by atoms with E-state index in [9.17, 15) is 8.78 Å². The number of hydrogen-bond donors (Lipinski definition) is 1. The summed E-state index contributed by atoms with van der Waals surface area (Å²) >= 11 is 3.11. The van der Waals surface area contributed by atoms with Gasteiger partial charge in [-0.15, -0.1) is 0 Å². The van der Waals surface area contributed by atoms with E-state index in [-0.39, 0.29) is 11.6 Å². The van der Waals surface area contributed by atoms with Crippen LogP contribution in [0.3, 0.4) is 0 Å². The Balaban J connectivity index is 2.32. The van der Waals surface area contributed by atoms with Crippen LogP contribution in [-0.4, -0.2) is 31.1 Å². The van der Waals surface area contributed by atoms with Crippen molar-refractivity contribution in [2.75, 3.05) is 26.2 Å². The average molecular weight is 319 g/mol. The monoisotopic (exact) mass is 318 g/mol. The molecule has 1 aliphatic rings. The van der Waals surface area contributed by atoms with Crippen LogP contribution in [0.1, 0.15) is 24.9 Å². The summed E-state index contributed by atoms with van der Waals surface area (Å²) in [6, 6.07) is 2.49. The molecule has 1 atom stereocenters. The molecule has 1 fully saturated rings. The fraction of sp³-hybridized carbons (Fsp3) is 0.538. The number of rotatable bonds is 3. The zero-order chi connectivity index (χ0) is 13.1. The highest BCUT2D eigenvalue weighted by molar-refractivity contribution is 9.10. The van der Waals surface area contributed by atoms with Gasteiger partial charge in [-0.1, -0.05) is 22.9 Å². The SMILES string of the molecule is CC[C@H](c1c(F)cc(Br)cc1F)N1CCNCC1. The van der Waals surface area contributed by atoms with E-state index in [0.717, 1.165) is 26.2 Å². The minimum atomic E-state index is -0.466. The molecule has 1 heterocycles. The van der Waals surface area contributed by atoms with Crippen molar-refractivity contribution in [3.05, 3.63) is 33.8 Å². The average Bonchev–Trinajstić information content (AvgIpc) is 2.34. The van der Waals surface area contributed by atoms with E-state index in [2.05, 4.69) is 26.1 Å². The fourth-order valence-electron chi connectivity index (χ4n) is 2.51. The predicted molar refractivity (Wildman–Crippen MR) is 71.5 cm³/mol.